The number of aryl methyl sites for hydroxylation is 3. The summed E-state index contributed by atoms with van der Waals surface area (Å²) in [4.78, 5) is 1.97. The van der Waals surface area contributed by atoms with Gasteiger partial charge in [-0.1, -0.05) is 22.0 Å². The maximum absolute atomic E-state index is 13.1. The zero-order chi connectivity index (χ0) is 18.4. The van der Waals surface area contributed by atoms with Gasteiger partial charge < -0.3 is 0 Å². The molecule has 3 aromatic rings. The maximum Gasteiger partial charge on any atom is 0.263 e. The summed E-state index contributed by atoms with van der Waals surface area (Å²) in [6.07, 6.45) is 0. The molecule has 1 aromatic carbocycles. The molecule has 2 aromatic heterocycles. The number of halogens is 1. The molecule has 0 aliphatic carbocycles. The van der Waals surface area contributed by atoms with E-state index < -0.39 is 10.0 Å². The summed E-state index contributed by atoms with van der Waals surface area (Å²) in [5.41, 5.74) is 3.76. The maximum atomic E-state index is 13.1. The van der Waals surface area contributed by atoms with E-state index in [9.17, 15) is 8.42 Å². The molecule has 0 radical (unpaired) electrons. The Labute approximate surface area is 159 Å². The molecule has 0 aliphatic heterocycles. The van der Waals surface area contributed by atoms with Crippen molar-refractivity contribution in [2.24, 2.45) is 0 Å². The predicted octanol–water partition coefficient (Wildman–Crippen LogP) is 4.94. The third-order valence-electron chi connectivity index (χ3n) is 4.04. The Morgan fingerprint density at radius 2 is 1.88 bits per heavy atom. The molecular weight excluding hydrogens is 422 g/mol. The van der Waals surface area contributed by atoms with Gasteiger partial charge >= 0.3 is 0 Å². The Morgan fingerprint density at radius 1 is 1.16 bits per heavy atom. The molecule has 0 bridgehead atoms. The van der Waals surface area contributed by atoms with Gasteiger partial charge in [0, 0.05) is 31.2 Å². The van der Waals surface area contributed by atoms with Crippen LogP contribution in [0, 0.1) is 27.7 Å². The number of rotatable bonds is 4. The minimum absolute atomic E-state index is 0.296. The number of benzene rings is 1. The fourth-order valence-corrected chi connectivity index (χ4v) is 6.06. The van der Waals surface area contributed by atoms with Crippen LogP contribution in [0.5, 0.6) is 0 Å². The smallest absolute Gasteiger partial charge is 0.263 e. The average Bonchev–Trinajstić information content (AvgIpc) is 2.98. The summed E-state index contributed by atoms with van der Waals surface area (Å²) in [6, 6.07) is 7.09. The second-order valence-corrected chi connectivity index (χ2v) is 9.82. The molecule has 0 spiro atoms. The molecular formula is C17H18BrN3O2S2. The lowest BCUT2D eigenvalue weighted by atomic mass is 10.1. The molecule has 3 rings (SSSR count). The first-order valence-electron chi connectivity index (χ1n) is 7.61. The lowest BCUT2D eigenvalue weighted by molar-refractivity contribution is 0.601. The van der Waals surface area contributed by atoms with E-state index in [2.05, 4.69) is 30.8 Å². The van der Waals surface area contributed by atoms with Crippen LogP contribution in [0.4, 0.5) is 5.69 Å². The fourth-order valence-electron chi connectivity index (χ4n) is 2.75. The Kier molecular flexibility index (Phi) is 4.78. The number of aromatic nitrogens is 2. The molecule has 2 heterocycles. The Hall–Kier alpha value is -1.64. The summed E-state index contributed by atoms with van der Waals surface area (Å²) in [5.74, 6) is 0. The quantitative estimate of drug-likeness (QED) is 0.604. The second kappa shape index (κ2) is 6.59. The van der Waals surface area contributed by atoms with Crippen molar-refractivity contribution in [2.45, 2.75) is 32.6 Å². The number of anilines is 1. The molecule has 0 atom stereocenters. The van der Waals surface area contributed by atoms with Gasteiger partial charge in [-0.3, -0.25) is 9.82 Å². The van der Waals surface area contributed by atoms with Crippen molar-refractivity contribution in [1.82, 2.24) is 10.2 Å². The van der Waals surface area contributed by atoms with Crippen molar-refractivity contribution in [3.63, 3.8) is 0 Å². The van der Waals surface area contributed by atoms with Gasteiger partial charge in [0.2, 0.25) is 0 Å². The van der Waals surface area contributed by atoms with Crippen molar-refractivity contribution in [3.05, 3.63) is 49.7 Å². The number of nitrogens with one attached hydrogen (secondary N) is 2. The van der Waals surface area contributed by atoms with Gasteiger partial charge in [0.1, 0.15) is 4.90 Å². The van der Waals surface area contributed by atoms with E-state index in [4.69, 9.17) is 0 Å². The molecule has 0 saturated heterocycles. The lowest BCUT2D eigenvalue weighted by Gasteiger charge is -2.11. The Morgan fingerprint density at radius 3 is 2.48 bits per heavy atom. The van der Waals surface area contributed by atoms with E-state index in [1.807, 2.05) is 33.8 Å². The van der Waals surface area contributed by atoms with Crippen molar-refractivity contribution in [3.8, 4) is 11.3 Å². The van der Waals surface area contributed by atoms with Crippen molar-refractivity contribution < 1.29 is 8.42 Å². The highest BCUT2D eigenvalue weighted by Gasteiger charge is 2.28. The number of H-pyrrole nitrogens is 1. The van der Waals surface area contributed by atoms with Gasteiger partial charge in [0.15, 0.2) is 0 Å². The van der Waals surface area contributed by atoms with Gasteiger partial charge in [-0.25, -0.2) is 8.42 Å². The van der Waals surface area contributed by atoms with Gasteiger partial charge in [0.05, 0.1) is 5.69 Å². The van der Waals surface area contributed by atoms with Crippen LogP contribution in [0.3, 0.4) is 0 Å². The van der Waals surface area contributed by atoms with Gasteiger partial charge in [0.25, 0.3) is 10.0 Å². The summed E-state index contributed by atoms with van der Waals surface area (Å²) in [7, 11) is -3.74. The molecule has 8 heteroatoms. The van der Waals surface area contributed by atoms with Gasteiger partial charge in [-0.2, -0.15) is 5.10 Å². The SMILES string of the molecule is Cc1[nH]nc(-c2c(C)sc(C)c2S(=O)(=O)Nc2cccc(Br)c2)c1C. The monoisotopic (exact) mass is 439 g/mol. The van der Waals surface area contributed by atoms with E-state index in [0.717, 1.165) is 25.5 Å². The minimum Gasteiger partial charge on any atom is -0.282 e. The van der Waals surface area contributed by atoms with Crippen LogP contribution in [0.2, 0.25) is 0 Å². The molecule has 132 valence electrons. The van der Waals surface area contributed by atoms with Crippen LogP contribution in [0.25, 0.3) is 11.3 Å². The highest BCUT2D eigenvalue weighted by atomic mass is 79.9. The summed E-state index contributed by atoms with van der Waals surface area (Å²) in [6.45, 7) is 7.62. The second-order valence-electron chi connectivity index (χ2n) is 5.86. The normalized spacial score (nSPS) is 11.7. The van der Waals surface area contributed by atoms with E-state index >= 15 is 0 Å². The van der Waals surface area contributed by atoms with Gasteiger partial charge in [-0.05, 0) is 51.5 Å². The average molecular weight is 440 g/mol. The molecule has 0 saturated carbocycles. The Balaban J connectivity index is 2.15. The highest BCUT2D eigenvalue weighted by molar-refractivity contribution is 9.10. The first-order chi connectivity index (χ1) is 11.7. The van der Waals surface area contributed by atoms with E-state index in [-0.39, 0.29) is 0 Å². The fraction of sp³-hybridized carbons (Fsp3) is 0.235. The molecule has 2 N–H and O–H groups in total. The molecule has 5 nitrogen and oxygen atoms in total. The summed E-state index contributed by atoms with van der Waals surface area (Å²) in [5, 5.41) is 7.28. The number of thiophene rings is 1. The van der Waals surface area contributed by atoms with Crippen LogP contribution in [-0.2, 0) is 10.0 Å². The van der Waals surface area contributed by atoms with Gasteiger partial charge in [-0.15, -0.1) is 11.3 Å². The third-order valence-corrected chi connectivity index (χ3v) is 7.24. The molecule has 0 aliphatic rings. The molecule has 0 fully saturated rings. The zero-order valence-electron chi connectivity index (χ0n) is 14.3. The highest BCUT2D eigenvalue weighted by Crippen LogP contribution is 2.40. The van der Waals surface area contributed by atoms with E-state index in [0.29, 0.717) is 21.8 Å². The number of nitrogens with zero attached hydrogens (tertiary/aromatic N) is 1. The van der Waals surface area contributed by atoms with Crippen LogP contribution in [0.1, 0.15) is 21.0 Å². The van der Waals surface area contributed by atoms with Crippen LogP contribution < -0.4 is 4.72 Å². The van der Waals surface area contributed by atoms with Crippen LogP contribution >= 0.6 is 27.3 Å². The predicted molar refractivity (Wildman–Crippen MR) is 106 cm³/mol. The van der Waals surface area contributed by atoms with Crippen molar-refractivity contribution in [2.75, 3.05) is 4.72 Å². The van der Waals surface area contributed by atoms with E-state index in [1.54, 1.807) is 18.2 Å². The number of sulfonamides is 1. The standard InChI is InChI=1S/C17H18BrN3O2S2/c1-9-10(2)19-20-16(9)15-11(3)24-12(4)17(15)25(22,23)21-14-7-5-6-13(18)8-14/h5-8,21H,1-4H3,(H,19,20). The Bertz CT molecular complexity index is 1050. The number of aromatic amines is 1. The summed E-state index contributed by atoms with van der Waals surface area (Å²) >= 11 is 4.83. The minimum atomic E-state index is -3.74. The largest absolute Gasteiger partial charge is 0.282 e. The third kappa shape index (κ3) is 3.38. The first kappa shape index (κ1) is 18.2. The molecule has 0 amide bonds. The van der Waals surface area contributed by atoms with Crippen molar-refractivity contribution in [1.29, 1.82) is 0 Å². The zero-order valence-corrected chi connectivity index (χ0v) is 17.5. The van der Waals surface area contributed by atoms with Crippen LogP contribution in [-0.4, -0.2) is 18.6 Å². The number of hydrogen-bond donors (Lipinski definition) is 2. The first-order valence-corrected chi connectivity index (χ1v) is 10.7. The van der Waals surface area contributed by atoms with Crippen LogP contribution in [0.15, 0.2) is 33.6 Å². The van der Waals surface area contributed by atoms with E-state index in [1.165, 1.54) is 11.3 Å². The molecule has 25 heavy (non-hydrogen) atoms. The van der Waals surface area contributed by atoms with Crippen molar-refractivity contribution >= 4 is 43.0 Å². The lowest BCUT2D eigenvalue weighted by Crippen LogP contribution is -2.14. The molecule has 0 unspecified atom stereocenters. The summed E-state index contributed by atoms with van der Waals surface area (Å²) < 4.78 is 29.7. The number of hydrogen-bond acceptors (Lipinski definition) is 4. The topological polar surface area (TPSA) is 74.8 Å².